The lowest BCUT2D eigenvalue weighted by Gasteiger charge is -2.10. The van der Waals surface area contributed by atoms with Crippen molar-refractivity contribution >= 4 is 22.3 Å². The third-order valence-electron chi connectivity index (χ3n) is 3.69. The van der Waals surface area contributed by atoms with Crippen LogP contribution in [0.1, 0.15) is 12.8 Å². The monoisotopic (exact) mass is 325 g/mol. The number of benzene rings is 2. The molecule has 0 unspecified atom stereocenters. The highest BCUT2D eigenvalue weighted by Crippen LogP contribution is 2.29. The Morgan fingerprint density at radius 1 is 1.17 bits per heavy atom. The SMILES string of the molecule is COc1cc2nccc(Nc3ccccc3)c2cc1F.NC1CC1. The van der Waals surface area contributed by atoms with Gasteiger partial charge in [0.1, 0.15) is 0 Å². The fraction of sp³-hybridized carbons (Fsp3) is 0.211. The number of hydrogen-bond donors (Lipinski definition) is 2. The molecule has 0 spiro atoms. The number of fused-ring (bicyclic) bond motifs is 1. The van der Waals surface area contributed by atoms with Crippen molar-refractivity contribution in [3.05, 3.63) is 60.5 Å². The van der Waals surface area contributed by atoms with Crippen molar-refractivity contribution in [3.8, 4) is 5.75 Å². The Morgan fingerprint density at radius 2 is 1.88 bits per heavy atom. The van der Waals surface area contributed by atoms with Gasteiger partial charge in [0.2, 0.25) is 0 Å². The molecular weight excluding hydrogens is 305 g/mol. The highest BCUT2D eigenvalue weighted by Gasteiger charge is 2.13. The van der Waals surface area contributed by atoms with E-state index in [9.17, 15) is 4.39 Å². The molecule has 1 aliphatic carbocycles. The van der Waals surface area contributed by atoms with Crippen molar-refractivity contribution in [2.24, 2.45) is 5.73 Å². The largest absolute Gasteiger partial charge is 0.494 e. The quantitative estimate of drug-likeness (QED) is 0.756. The van der Waals surface area contributed by atoms with Crippen LogP contribution in [0.4, 0.5) is 15.8 Å². The molecule has 24 heavy (non-hydrogen) atoms. The van der Waals surface area contributed by atoms with Crippen molar-refractivity contribution in [3.63, 3.8) is 0 Å². The number of rotatable bonds is 3. The average Bonchev–Trinajstić information content (AvgIpc) is 3.39. The molecule has 1 fully saturated rings. The molecule has 0 bridgehead atoms. The summed E-state index contributed by atoms with van der Waals surface area (Å²) in [5, 5.41) is 3.98. The minimum Gasteiger partial charge on any atom is -0.494 e. The summed E-state index contributed by atoms with van der Waals surface area (Å²) in [7, 11) is 1.44. The number of nitrogens with one attached hydrogen (secondary N) is 1. The zero-order valence-electron chi connectivity index (χ0n) is 13.5. The second kappa shape index (κ2) is 7.27. The van der Waals surface area contributed by atoms with E-state index in [-0.39, 0.29) is 5.75 Å². The molecule has 2 aromatic carbocycles. The van der Waals surface area contributed by atoms with Crippen LogP contribution in [0.15, 0.2) is 54.7 Å². The van der Waals surface area contributed by atoms with Crippen LogP contribution in [0.5, 0.6) is 5.75 Å². The normalized spacial score (nSPS) is 13.1. The molecule has 3 N–H and O–H groups in total. The summed E-state index contributed by atoms with van der Waals surface area (Å²) in [5.41, 5.74) is 7.66. The number of para-hydroxylation sites is 1. The number of methoxy groups -OCH3 is 1. The maximum absolute atomic E-state index is 13.9. The van der Waals surface area contributed by atoms with Gasteiger partial charge in [-0.3, -0.25) is 4.98 Å². The maximum Gasteiger partial charge on any atom is 0.165 e. The van der Waals surface area contributed by atoms with Crippen molar-refractivity contribution in [1.82, 2.24) is 4.98 Å². The van der Waals surface area contributed by atoms with E-state index >= 15 is 0 Å². The third-order valence-corrected chi connectivity index (χ3v) is 3.69. The Morgan fingerprint density at radius 3 is 2.50 bits per heavy atom. The maximum atomic E-state index is 13.9. The summed E-state index contributed by atoms with van der Waals surface area (Å²) < 4.78 is 18.8. The van der Waals surface area contributed by atoms with Gasteiger partial charge in [0.15, 0.2) is 11.6 Å². The molecule has 0 amide bonds. The van der Waals surface area contributed by atoms with Crippen molar-refractivity contribution in [2.75, 3.05) is 12.4 Å². The standard InChI is InChI=1S/C16H13FN2O.C3H7N/c1-20-16-10-15-12(9-13(16)17)14(7-8-18-15)19-11-5-3-2-4-6-11;4-3-1-2-3/h2-10H,1H3,(H,18,19);3H,1-2,4H2. The third kappa shape index (κ3) is 4.00. The van der Waals surface area contributed by atoms with Crippen LogP contribution < -0.4 is 15.8 Å². The second-order valence-corrected chi connectivity index (χ2v) is 5.69. The van der Waals surface area contributed by atoms with E-state index in [0.717, 1.165) is 16.8 Å². The summed E-state index contributed by atoms with van der Waals surface area (Å²) >= 11 is 0. The van der Waals surface area contributed by atoms with Crippen LogP contribution in [-0.2, 0) is 0 Å². The molecule has 3 aromatic rings. The lowest BCUT2D eigenvalue weighted by molar-refractivity contribution is 0.387. The van der Waals surface area contributed by atoms with Crippen molar-refractivity contribution in [1.29, 1.82) is 0 Å². The first-order valence-corrected chi connectivity index (χ1v) is 7.87. The van der Waals surface area contributed by atoms with E-state index in [0.29, 0.717) is 11.6 Å². The number of pyridine rings is 1. The van der Waals surface area contributed by atoms with E-state index in [1.54, 1.807) is 12.3 Å². The van der Waals surface area contributed by atoms with Gasteiger partial charge in [0, 0.05) is 35.1 Å². The highest BCUT2D eigenvalue weighted by atomic mass is 19.1. The second-order valence-electron chi connectivity index (χ2n) is 5.69. The van der Waals surface area contributed by atoms with Gasteiger partial charge in [-0.05, 0) is 37.1 Å². The van der Waals surface area contributed by atoms with Crippen LogP contribution >= 0.6 is 0 Å². The number of ether oxygens (including phenoxy) is 1. The van der Waals surface area contributed by atoms with E-state index in [4.69, 9.17) is 10.5 Å². The summed E-state index contributed by atoms with van der Waals surface area (Å²) in [5.74, 6) is -0.203. The van der Waals surface area contributed by atoms with E-state index < -0.39 is 5.82 Å². The van der Waals surface area contributed by atoms with Crippen LogP contribution in [0.3, 0.4) is 0 Å². The fourth-order valence-corrected chi connectivity index (χ4v) is 2.19. The molecule has 4 nitrogen and oxygen atoms in total. The smallest absolute Gasteiger partial charge is 0.165 e. The average molecular weight is 325 g/mol. The minimum atomic E-state index is -0.399. The number of nitrogens with zero attached hydrogens (tertiary/aromatic N) is 1. The predicted octanol–water partition coefficient (Wildman–Crippen LogP) is 4.23. The molecule has 1 saturated carbocycles. The molecule has 5 heteroatoms. The van der Waals surface area contributed by atoms with Crippen LogP contribution in [-0.4, -0.2) is 18.1 Å². The molecule has 0 saturated heterocycles. The molecule has 0 radical (unpaired) electrons. The first-order valence-electron chi connectivity index (χ1n) is 7.87. The van der Waals surface area contributed by atoms with Crippen molar-refractivity contribution in [2.45, 2.75) is 18.9 Å². The number of nitrogens with two attached hydrogens (primary N) is 1. The van der Waals surface area contributed by atoms with Gasteiger partial charge >= 0.3 is 0 Å². The summed E-state index contributed by atoms with van der Waals surface area (Å²) in [6.45, 7) is 0. The molecule has 124 valence electrons. The summed E-state index contributed by atoms with van der Waals surface area (Å²) in [4.78, 5) is 4.25. The van der Waals surface area contributed by atoms with Gasteiger partial charge in [-0.2, -0.15) is 0 Å². The van der Waals surface area contributed by atoms with E-state index in [1.165, 1.54) is 26.0 Å². The van der Waals surface area contributed by atoms with E-state index in [1.807, 2.05) is 36.4 Å². The minimum absolute atomic E-state index is 0.196. The predicted molar refractivity (Wildman–Crippen MR) is 95.2 cm³/mol. The first-order chi connectivity index (χ1) is 11.7. The molecular formula is C19H20FN3O. The molecule has 1 heterocycles. The summed E-state index contributed by atoms with van der Waals surface area (Å²) in [6.07, 6.45) is 4.21. The Hall–Kier alpha value is -2.66. The molecule has 4 rings (SSSR count). The van der Waals surface area contributed by atoms with Crippen LogP contribution in [0.25, 0.3) is 10.9 Å². The Bertz CT molecular complexity index is 819. The molecule has 0 aliphatic heterocycles. The number of hydrogen-bond acceptors (Lipinski definition) is 4. The van der Waals surface area contributed by atoms with Gasteiger partial charge in [0.05, 0.1) is 12.6 Å². The first kappa shape index (κ1) is 16.2. The molecule has 0 atom stereocenters. The Kier molecular flexibility index (Phi) is 4.91. The highest BCUT2D eigenvalue weighted by molar-refractivity contribution is 5.93. The Balaban J connectivity index is 0.000000370. The van der Waals surface area contributed by atoms with E-state index in [2.05, 4.69) is 10.3 Å². The van der Waals surface area contributed by atoms with Gasteiger partial charge in [-0.25, -0.2) is 4.39 Å². The zero-order chi connectivity index (χ0) is 16.9. The van der Waals surface area contributed by atoms with Gasteiger partial charge in [-0.15, -0.1) is 0 Å². The Labute approximate surface area is 140 Å². The fourth-order valence-electron chi connectivity index (χ4n) is 2.19. The van der Waals surface area contributed by atoms with Gasteiger partial charge in [-0.1, -0.05) is 18.2 Å². The lowest BCUT2D eigenvalue weighted by atomic mass is 10.1. The lowest BCUT2D eigenvalue weighted by Crippen LogP contribution is -1.94. The number of aromatic nitrogens is 1. The van der Waals surface area contributed by atoms with Gasteiger partial charge < -0.3 is 15.8 Å². The number of anilines is 2. The topological polar surface area (TPSA) is 60.2 Å². The number of halogens is 1. The van der Waals surface area contributed by atoms with Gasteiger partial charge in [0.25, 0.3) is 0 Å². The summed E-state index contributed by atoms with van der Waals surface area (Å²) in [6, 6.07) is 15.2. The zero-order valence-corrected chi connectivity index (χ0v) is 13.5. The van der Waals surface area contributed by atoms with Crippen LogP contribution in [0, 0.1) is 5.82 Å². The molecule has 1 aromatic heterocycles. The molecule has 1 aliphatic rings. The van der Waals surface area contributed by atoms with Crippen molar-refractivity contribution < 1.29 is 9.13 Å². The van der Waals surface area contributed by atoms with Crippen LogP contribution in [0.2, 0.25) is 0 Å².